The molecule has 0 spiro atoms. The van der Waals surface area contributed by atoms with Crippen molar-refractivity contribution in [2.24, 2.45) is 0 Å². The SMILES string of the molecule is CCCc1nc(-c2ccncc2)sc1CNC(C)CC. The topological polar surface area (TPSA) is 37.8 Å². The lowest BCUT2D eigenvalue weighted by molar-refractivity contribution is 0.535. The van der Waals surface area contributed by atoms with E-state index in [2.05, 4.69) is 31.1 Å². The highest BCUT2D eigenvalue weighted by atomic mass is 32.1. The molecule has 0 saturated heterocycles. The zero-order chi connectivity index (χ0) is 14.4. The van der Waals surface area contributed by atoms with Gasteiger partial charge < -0.3 is 5.32 Å². The summed E-state index contributed by atoms with van der Waals surface area (Å²) in [6.07, 6.45) is 6.99. The van der Waals surface area contributed by atoms with Gasteiger partial charge in [-0.25, -0.2) is 4.98 Å². The van der Waals surface area contributed by atoms with Gasteiger partial charge in [0.25, 0.3) is 0 Å². The second-order valence-corrected chi connectivity index (χ2v) is 6.15. The molecule has 108 valence electrons. The van der Waals surface area contributed by atoms with Gasteiger partial charge >= 0.3 is 0 Å². The molecule has 20 heavy (non-hydrogen) atoms. The highest BCUT2D eigenvalue weighted by Gasteiger charge is 2.12. The minimum Gasteiger partial charge on any atom is -0.309 e. The Hall–Kier alpha value is -1.26. The zero-order valence-electron chi connectivity index (χ0n) is 12.5. The summed E-state index contributed by atoms with van der Waals surface area (Å²) < 4.78 is 0. The lowest BCUT2D eigenvalue weighted by atomic mass is 10.2. The van der Waals surface area contributed by atoms with E-state index in [1.54, 1.807) is 11.3 Å². The number of aromatic nitrogens is 2. The van der Waals surface area contributed by atoms with Crippen molar-refractivity contribution < 1.29 is 0 Å². The summed E-state index contributed by atoms with van der Waals surface area (Å²) in [7, 11) is 0. The second kappa shape index (κ2) is 7.50. The van der Waals surface area contributed by atoms with E-state index in [4.69, 9.17) is 4.98 Å². The Balaban J connectivity index is 2.19. The molecule has 3 nitrogen and oxygen atoms in total. The predicted octanol–water partition coefficient (Wildman–Crippen LogP) is 4.05. The summed E-state index contributed by atoms with van der Waals surface area (Å²) in [5.74, 6) is 0. The van der Waals surface area contributed by atoms with Crippen LogP contribution >= 0.6 is 11.3 Å². The molecule has 1 unspecified atom stereocenters. The summed E-state index contributed by atoms with van der Waals surface area (Å²) in [4.78, 5) is 10.3. The lowest BCUT2D eigenvalue weighted by Crippen LogP contribution is -2.24. The normalized spacial score (nSPS) is 12.6. The summed E-state index contributed by atoms with van der Waals surface area (Å²) >= 11 is 1.80. The number of nitrogens with one attached hydrogen (secondary N) is 1. The maximum atomic E-state index is 4.82. The first-order chi connectivity index (χ1) is 9.74. The molecule has 1 atom stereocenters. The minimum absolute atomic E-state index is 0.552. The Morgan fingerprint density at radius 2 is 2.00 bits per heavy atom. The number of pyridine rings is 1. The van der Waals surface area contributed by atoms with E-state index < -0.39 is 0 Å². The summed E-state index contributed by atoms with van der Waals surface area (Å²) in [6, 6.07) is 4.61. The molecule has 0 bridgehead atoms. The van der Waals surface area contributed by atoms with Crippen molar-refractivity contribution in [2.45, 2.75) is 52.6 Å². The molecular weight excluding hydrogens is 266 g/mol. The van der Waals surface area contributed by atoms with Gasteiger partial charge in [-0.2, -0.15) is 0 Å². The standard InChI is InChI=1S/C16H23N3S/c1-4-6-14-15(11-18-12(3)5-2)20-16(19-14)13-7-9-17-10-8-13/h7-10,12,18H,4-6,11H2,1-3H3. The molecule has 0 aliphatic rings. The largest absolute Gasteiger partial charge is 0.309 e. The number of rotatable bonds is 7. The van der Waals surface area contributed by atoms with E-state index in [1.165, 1.54) is 10.6 Å². The van der Waals surface area contributed by atoms with Gasteiger partial charge in [0.05, 0.1) is 5.69 Å². The minimum atomic E-state index is 0.552. The molecule has 1 N–H and O–H groups in total. The van der Waals surface area contributed by atoms with Crippen LogP contribution < -0.4 is 5.32 Å². The monoisotopic (exact) mass is 289 g/mol. The van der Waals surface area contributed by atoms with Crippen molar-refractivity contribution in [3.63, 3.8) is 0 Å². The van der Waals surface area contributed by atoms with Crippen LogP contribution in [-0.4, -0.2) is 16.0 Å². The van der Waals surface area contributed by atoms with E-state index in [-0.39, 0.29) is 0 Å². The molecule has 4 heteroatoms. The van der Waals surface area contributed by atoms with Crippen LogP contribution in [0.1, 0.15) is 44.2 Å². The van der Waals surface area contributed by atoms with Crippen LogP contribution in [0.25, 0.3) is 10.6 Å². The number of hydrogen-bond donors (Lipinski definition) is 1. The first-order valence-electron chi connectivity index (χ1n) is 7.37. The van der Waals surface area contributed by atoms with Gasteiger partial charge in [-0.1, -0.05) is 20.3 Å². The van der Waals surface area contributed by atoms with E-state index >= 15 is 0 Å². The van der Waals surface area contributed by atoms with Gasteiger partial charge in [-0.05, 0) is 31.9 Å². The Labute approximate surface area is 125 Å². The molecule has 0 saturated carbocycles. The van der Waals surface area contributed by atoms with Gasteiger partial charge in [0.2, 0.25) is 0 Å². The first-order valence-corrected chi connectivity index (χ1v) is 8.18. The highest BCUT2D eigenvalue weighted by molar-refractivity contribution is 7.15. The highest BCUT2D eigenvalue weighted by Crippen LogP contribution is 2.28. The maximum absolute atomic E-state index is 4.82. The third kappa shape index (κ3) is 3.87. The van der Waals surface area contributed by atoms with Crippen LogP contribution in [0.5, 0.6) is 0 Å². The van der Waals surface area contributed by atoms with Crippen LogP contribution in [0.2, 0.25) is 0 Å². The van der Waals surface area contributed by atoms with Gasteiger partial charge in [-0.15, -0.1) is 11.3 Å². The van der Waals surface area contributed by atoms with Crippen LogP contribution in [0.15, 0.2) is 24.5 Å². The fourth-order valence-corrected chi connectivity index (χ4v) is 3.05. The predicted molar refractivity (Wildman–Crippen MR) is 85.9 cm³/mol. The summed E-state index contributed by atoms with van der Waals surface area (Å²) in [6.45, 7) is 7.56. The van der Waals surface area contributed by atoms with E-state index in [9.17, 15) is 0 Å². The molecule has 2 heterocycles. The zero-order valence-corrected chi connectivity index (χ0v) is 13.3. The van der Waals surface area contributed by atoms with Crippen LogP contribution in [0.4, 0.5) is 0 Å². The van der Waals surface area contributed by atoms with Crippen LogP contribution in [0, 0.1) is 0 Å². The number of nitrogens with zero attached hydrogens (tertiary/aromatic N) is 2. The molecule has 0 amide bonds. The van der Waals surface area contributed by atoms with Crippen molar-refractivity contribution in [1.29, 1.82) is 0 Å². The average molecular weight is 289 g/mol. The number of hydrogen-bond acceptors (Lipinski definition) is 4. The van der Waals surface area contributed by atoms with Crippen LogP contribution in [-0.2, 0) is 13.0 Å². The Morgan fingerprint density at radius 1 is 1.25 bits per heavy atom. The number of thiazole rings is 1. The van der Waals surface area contributed by atoms with Crippen molar-refractivity contribution in [3.8, 4) is 10.6 Å². The third-order valence-corrected chi connectivity index (χ3v) is 4.56. The molecular formula is C16H23N3S. The number of aryl methyl sites for hydroxylation is 1. The first kappa shape index (κ1) is 15.1. The lowest BCUT2D eigenvalue weighted by Gasteiger charge is -2.10. The van der Waals surface area contributed by atoms with Gasteiger partial charge in [0.15, 0.2) is 0 Å². The molecule has 0 radical (unpaired) electrons. The van der Waals surface area contributed by atoms with Crippen molar-refractivity contribution in [3.05, 3.63) is 35.1 Å². The molecule has 0 aromatic carbocycles. The average Bonchev–Trinajstić information content (AvgIpc) is 2.89. The van der Waals surface area contributed by atoms with Crippen molar-refractivity contribution in [2.75, 3.05) is 0 Å². The fraction of sp³-hybridized carbons (Fsp3) is 0.500. The van der Waals surface area contributed by atoms with Gasteiger partial charge in [0, 0.05) is 35.4 Å². The van der Waals surface area contributed by atoms with Crippen LogP contribution in [0.3, 0.4) is 0 Å². The molecule has 2 rings (SSSR count). The maximum Gasteiger partial charge on any atom is 0.124 e. The Kier molecular flexibility index (Phi) is 5.68. The van der Waals surface area contributed by atoms with Crippen molar-refractivity contribution in [1.82, 2.24) is 15.3 Å². The van der Waals surface area contributed by atoms with Gasteiger partial charge in [-0.3, -0.25) is 4.98 Å². The molecule has 0 aliphatic heterocycles. The van der Waals surface area contributed by atoms with Gasteiger partial charge in [0.1, 0.15) is 5.01 Å². The molecule has 2 aromatic heterocycles. The molecule has 0 fully saturated rings. The van der Waals surface area contributed by atoms with E-state index in [1.807, 2.05) is 24.5 Å². The summed E-state index contributed by atoms with van der Waals surface area (Å²) in [5.41, 5.74) is 2.41. The van der Waals surface area contributed by atoms with E-state index in [0.29, 0.717) is 6.04 Å². The quantitative estimate of drug-likeness (QED) is 0.835. The van der Waals surface area contributed by atoms with E-state index in [0.717, 1.165) is 36.4 Å². The smallest absolute Gasteiger partial charge is 0.124 e. The third-order valence-electron chi connectivity index (χ3n) is 3.42. The Morgan fingerprint density at radius 3 is 2.65 bits per heavy atom. The molecule has 0 aliphatic carbocycles. The summed E-state index contributed by atoms with van der Waals surface area (Å²) in [5, 5.41) is 4.68. The second-order valence-electron chi connectivity index (χ2n) is 5.06. The van der Waals surface area contributed by atoms with Crippen molar-refractivity contribution >= 4 is 11.3 Å². The molecule has 2 aromatic rings. The fourth-order valence-electron chi connectivity index (χ4n) is 1.98. The Bertz CT molecular complexity index is 522.